The summed E-state index contributed by atoms with van der Waals surface area (Å²) in [5.74, 6) is 1.54. The van der Waals surface area contributed by atoms with E-state index in [2.05, 4.69) is 4.90 Å². The van der Waals surface area contributed by atoms with Gasteiger partial charge in [-0.1, -0.05) is 12.1 Å². The zero-order chi connectivity index (χ0) is 22.6. The molecule has 1 atom stereocenters. The van der Waals surface area contributed by atoms with Crippen molar-refractivity contribution in [2.24, 2.45) is 0 Å². The SMILES string of the molecule is COc1ccc(COc2ccc(N3CCN(C(=O)OC(C)(C)C)[C@@H](C)C3)c(N)c2)cc1. The molecule has 7 heteroatoms. The Morgan fingerprint density at radius 2 is 1.77 bits per heavy atom. The third-order valence-corrected chi connectivity index (χ3v) is 5.16. The van der Waals surface area contributed by atoms with Crippen molar-refractivity contribution in [3.05, 3.63) is 48.0 Å². The van der Waals surface area contributed by atoms with Gasteiger partial charge in [0.25, 0.3) is 0 Å². The van der Waals surface area contributed by atoms with Crippen LogP contribution in [0.1, 0.15) is 33.3 Å². The first-order valence-corrected chi connectivity index (χ1v) is 10.6. The van der Waals surface area contributed by atoms with Gasteiger partial charge in [0.1, 0.15) is 23.7 Å². The maximum atomic E-state index is 12.4. The highest BCUT2D eigenvalue weighted by atomic mass is 16.6. The molecule has 1 fully saturated rings. The summed E-state index contributed by atoms with van der Waals surface area (Å²) in [4.78, 5) is 16.4. The van der Waals surface area contributed by atoms with Crippen molar-refractivity contribution in [3.8, 4) is 11.5 Å². The highest BCUT2D eigenvalue weighted by molar-refractivity contribution is 5.72. The molecule has 2 N–H and O–H groups in total. The molecule has 1 saturated heterocycles. The van der Waals surface area contributed by atoms with Gasteiger partial charge < -0.3 is 29.7 Å². The molecule has 31 heavy (non-hydrogen) atoms. The number of anilines is 2. The topological polar surface area (TPSA) is 77.3 Å². The Bertz CT molecular complexity index is 893. The minimum atomic E-state index is -0.500. The number of carbonyl (C=O) groups is 1. The molecule has 0 aromatic heterocycles. The van der Waals surface area contributed by atoms with E-state index in [-0.39, 0.29) is 12.1 Å². The van der Waals surface area contributed by atoms with E-state index in [9.17, 15) is 4.79 Å². The predicted octanol–water partition coefficient (Wildman–Crippen LogP) is 4.30. The molecule has 1 aliphatic rings. The van der Waals surface area contributed by atoms with Gasteiger partial charge in [0.2, 0.25) is 0 Å². The van der Waals surface area contributed by atoms with Crippen LogP contribution in [0.5, 0.6) is 11.5 Å². The largest absolute Gasteiger partial charge is 0.497 e. The van der Waals surface area contributed by atoms with E-state index in [1.165, 1.54) is 0 Å². The zero-order valence-corrected chi connectivity index (χ0v) is 19.1. The normalized spacial score (nSPS) is 16.7. The molecular formula is C24H33N3O4. The first-order valence-electron chi connectivity index (χ1n) is 10.6. The summed E-state index contributed by atoms with van der Waals surface area (Å²) >= 11 is 0. The van der Waals surface area contributed by atoms with Gasteiger partial charge in [-0.05, 0) is 57.5 Å². The Balaban J connectivity index is 1.59. The number of ether oxygens (including phenoxy) is 3. The lowest BCUT2D eigenvalue weighted by molar-refractivity contribution is 0.0159. The van der Waals surface area contributed by atoms with Gasteiger partial charge in [0.15, 0.2) is 0 Å². The van der Waals surface area contributed by atoms with Gasteiger partial charge in [-0.3, -0.25) is 0 Å². The highest BCUT2D eigenvalue weighted by Gasteiger charge is 2.31. The Hall–Kier alpha value is -3.09. The number of rotatable bonds is 5. The van der Waals surface area contributed by atoms with Crippen LogP contribution in [0.25, 0.3) is 0 Å². The minimum Gasteiger partial charge on any atom is -0.497 e. The fraction of sp³-hybridized carbons (Fsp3) is 0.458. The summed E-state index contributed by atoms with van der Waals surface area (Å²) in [6.45, 7) is 10.1. The number of hydrogen-bond acceptors (Lipinski definition) is 6. The van der Waals surface area contributed by atoms with E-state index < -0.39 is 5.60 Å². The quantitative estimate of drug-likeness (QED) is 0.717. The van der Waals surface area contributed by atoms with Crippen LogP contribution in [0.3, 0.4) is 0 Å². The highest BCUT2D eigenvalue weighted by Crippen LogP contribution is 2.30. The fourth-order valence-electron chi connectivity index (χ4n) is 3.57. The average molecular weight is 428 g/mol. The number of amides is 1. The predicted molar refractivity (Wildman–Crippen MR) is 123 cm³/mol. The number of methoxy groups -OCH3 is 1. The van der Waals surface area contributed by atoms with Gasteiger partial charge in [-0.15, -0.1) is 0 Å². The first kappa shape index (κ1) is 22.6. The number of hydrogen-bond donors (Lipinski definition) is 1. The fourth-order valence-corrected chi connectivity index (χ4v) is 3.57. The molecule has 0 saturated carbocycles. The number of piperazine rings is 1. The molecule has 1 amide bonds. The van der Waals surface area contributed by atoms with Crippen LogP contribution in [0.4, 0.5) is 16.2 Å². The summed E-state index contributed by atoms with van der Waals surface area (Å²) in [5.41, 5.74) is 8.50. The lowest BCUT2D eigenvalue weighted by Crippen LogP contribution is -2.55. The summed E-state index contributed by atoms with van der Waals surface area (Å²) < 4.78 is 16.6. The standard InChI is InChI=1S/C24H33N3O4/c1-17-15-26(12-13-27(17)23(28)31-24(2,3)4)22-11-10-20(14-21(22)25)30-16-18-6-8-19(29-5)9-7-18/h6-11,14,17H,12-13,15-16,25H2,1-5H3/t17-/m0/s1. The third kappa shape index (κ3) is 5.96. The van der Waals surface area contributed by atoms with Crippen molar-refractivity contribution in [2.75, 3.05) is 37.4 Å². The van der Waals surface area contributed by atoms with Gasteiger partial charge in [-0.2, -0.15) is 0 Å². The van der Waals surface area contributed by atoms with Crippen molar-refractivity contribution in [3.63, 3.8) is 0 Å². The number of nitrogen functional groups attached to an aromatic ring is 1. The van der Waals surface area contributed by atoms with Crippen molar-refractivity contribution in [1.29, 1.82) is 0 Å². The van der Waals surface area contributed by atoms with E-state index in [0.717, 1.165) is 22.7 Å². The lowest BCUT2D eigenvalue weighted by Gasteiger charge is -2.41. The van der Waals surface area contributed by atoms with Gasteiger partial charge in [0, 0.05) is 31.7 Å². The van der Waals surface area contributed by atoms with Crippen LogP contribution < -0.4 is 20.1 Å². The van der Waals surface area contributed by atoms with Crippen LogP contribution >= 0.6 is 0 Å². The molecule has 0 spiro atoms. The Labute approximate surface area is 184 Å². The molecular weight excluding hydrogens is 394 g/mol. The lowest BCUT2D eigenvalue weighted by atomic mass is 10.1. The molecule has 0 unspecified atom stereocenters. The van der Waals surface area contributed by atoms with Gasteiger partial charge in [-0.25, -0.2) is 4.79 Å². The molecule has 0 aliphatic carbocycles. The number of carbonyl (C=O) groups excluding carboxylic acids is 1. The van der Waals surface area contributed by atoms with Crippen LogP contribution in [0.15, 0.2) is 42.5 Å². The molecule has 2 aromatic carbocycles. The molecule has 168 valence electrons. The van der Waals surface area contributed by atoms with Crippen LogP contribution in [-0.2, 0) is 11.3 Å². The maximum absolute atomic E-state index is 12.4. The average Bonchev–Trinajstić information content (AvgIpc) is 2.71. The molecule has 1 aliphatic heterocycles. The minimum absolute atomic E-state index is 0.0222. The maximum Gasteiger partial charge on any atom is 0.410 e. The van der Waals surface area contributed by atoms with E-state index in [0.29, 0.717) is 31.9 Å². The van der Waals surface area contributed by atoms with Crippen molar-refractivity contribution >= 4 is 17.5 Å². The number of benzene rings is 2. The summed E-state index contributed by atoms with van der Waals surface area (Å²) in [6, 6.07) is 13.6. The third-order valence-electron chi connectivity index (χ3n) is 5.16. The summed E-state index contributed by atoms with van der Waals surface area (Å²) in [6.07, 6.45) is -0.269. The van der Waals surface area contributed by atoms with Crippen LogP contribution in [-0.4, -0.2) is 49.4 Å². The van der Waals surface area contributed by atoms with E-state index in [1.807, 2.05) is 70.2 Å². The van der Waals surface area contributed by atoms with Crippen molar-refractivity contribution < 1.29 is 19.0 Å². The smallest absolute Gasteiger partial charge is 0.410 e. The van der Waals surface area contributed by atoms with Crippen molar-refractivity contribution in [1.82, 2.24) is 4.90 Å². The summed E-state index contributed by atoms with van der Waals surface area (Å²) in [7, 11) is 1.65. The van der Waals surface area contributed by atoms with E-state index in [1.54, 1.807) is 12.0 Å². The second-order valence-electron chi connectivity index (χ2n) is 8.83. The Morgan fingerprint density at radius 3 is 2.35 bits per heavy atom. The second-order valence-corrected chi connectivity index (χ2v) is 8.83. The molecule has 3 rings (SSSR count). The van der Waals surface area contributed by atoms with Gasteiger partial charge >= 0.3 is 6.09 Å². The van der Waals surface area contributed by atoms with Crippen LogP contribution in [0, 0.1) is 0 Å². The number of nitrogens with zero attached hydrogens (tertiary/aromatic N) is 2. The van der Waals surface area contributed by atoms with E-state index in [4.69, 9.17) is 19.9 Å². The monoisotopic (exact) mass is 427 g/mol. The molecule has 7 nitrogen and oxygen atoms in total. The molecule has 0 bridgehead atoms. The van der Waals surface area contributed by atoms with Crippen molar-refractivity contribution in [2.45, 2.75) is 45.9 Å². The van der Waals surface area contributed by atoms with E-state index >= 15 is 0 Å². The summed E-state index contributed by atoms with van der Waals surface area (Å²) in [5, 5.41) is 0. The molecule has 0 radical (unpaired) electrons. The number of nitrogens with two attached hydrogens (primary N) is 1. The van der Waals surface area contributed by atoms with Gasteiger partial charge in [0.05, 0.1) is 18.5 Å². The molecule has 2 aromatic rings. The Morgan fingerprint density at radius 1 is 1.10 bits per heavy atom. The molecule has 1 heterocycles. The van der Waals surface area contributed by atoms with Crippen LogP contribution in [0.2, 0.25) is 0 Å². The first-order chi connectivity index (χ1) is 14.7. The Kier molecular flexibility index (Phi) is 6.83. The zero-order valence-electron chi connectivity index (χ0n) is 19.1. The second kappa shape index (κ2) is 9.37.